The first-order chi connectivity index (χ1) is 8.37. The van der Waals surface area contributed by atoms with Gasteiger partial charge in [0.25, 0.3) is 0 Å². The van der Waals surface area contributed by atoms with Gasteiger partial charge in [-0.15, -0.1) is 0 Å². The number of ether oxygens (including phenoxy) is 1. The Balaban J connectivity index is 1.86. The lowest BCUT2D eigenvalue weighted by atomic mass is 9.79. The standard InChI is InChI=1S/C15H22O3/c1-13(17)6-5-10-11(13)7-15(9-3-4-9)8-12(16)14(10,2)18-15/h7,9-10,12,16-17H,3-6,8H2,1-2H3/t10-,12-,13+,14+,15-/m1/s1. The SMILES string of the molecule is C[C@]12O[C@](C3CC3)(C=C3[C@H]1CC[C@]3(C)O)C[C@H]2O. The van der Waals surface area contributed by atoms with E-state index in [9.17, 15) is 10.2 Å². The van der Waals surface area contributed by atoms with E-state index >= 15 is 0 Å². The topological polar surface area (TPSA) is 49.7 Å². The van der Waals surface area contributed by atoms with Crippen molar-refractivity contribution >= 4 is 0 Å². The van der Waals surface area contributed by atoms with Crippen molar-refractivity contribution in [2.45, 2.75) is 68.9 Å². The van der Waals surface area contributed by atoms with Crippen LogP contribution in [-0.2, 0) is 4.74 Å². The van der Waals surface area contributed by atoms with Gasteiger partial charge in [0, 0.05) is 12.3 Å². The van der Waals surface area contributed by atoms with Gasteiger partial charge in [0.05, 0.1) is 22.9 Å². The Morgan fingerprint density at radius 1 is 1.28 bits per heavy atom. The minimum atomic E-state index is -0.695. The highest BCUT2D eigenvalue weighted by molar-refractivity contribution is 5.38. The van der Waals surface area contributed by atoms with Crippen LogP contribution in [0.1, 0.15) is 46.0 Å². The minimum absolute atomic E-state index is 0.192. The Hall–Kier alpha value is -0.380. The largest absolute Gasteiger partial charge is 0.390 e. The lowest BCUT2D eigenvalue weighted by Gasteiger charge is -2.43. The normalized spacial score (nSPS) is 58.6. The zero-order valence-electron chi connectivity index (χ0n) is 11.1. The fraction of sp³-hybridized carbons (Fsp3) is 0.867. The first-order valence-electron chi connectivity index (χ1n) is 7.21. The van der Waals surface area contributed by atoms with Gasteiger partial charge in [-0.25, -0.2) is 0 Å². The lowest BCUT2D eigenvalue weighted by Crippen LogP contribution is -2.49. The Kier molecular flexibility index (Phi) is 1.92. The van der Waals surface area contributed by atoms with Gasteiger partial charge in [-0.1, -0.05) is 6.08 Å². The average molecular weight is 250 g/mol. The van der Waals surface area contributed by atoms with E-state index in [2.05, 4.69) is 6.08 Å². The van der Waals surface area contributed by atoms with Crippen molar-refractivity contribution in [2.24, 2.45) is 11.8 Å². The molecule has 2 saturated carbocycles. The molecule has 0 amide bonds. The van der Waals surface area contributed by atoms with E-state index in [1.165, 1.54) is 12.8 Å². The van der Waals surface area contributed by atoms with E-state index < -0.39 is 17.3 Å². The smallest absolute Gasteiger partial charge is 0.0991 e. The van der Waals surface area contributed by atoms with E-state index in [1.54, 1.807) is 0 Å². The molecular formula is C15H22O3. The Morgan fingerprint density at radius 2 is 2.00 bits per heavy atom. The van der Waals surface area contributed by atoms with E-state index in [1.807, 2.05) is 13.8 Å². The quantitative estimate of drug-likeness (QED) is 0.697. The summed E-state index contributed by atoms with van der Waals surface area (Å²) in [6.07, 6.45) is 6.61. The molecule has 5 atom stereocenters. The average Bonchev–Trinajstić information content (AvgIpc) is 3.03. The molecule has 0 spiro atoms. The third-order valence-electron chi connectivity index (χ3n) is 5.86. The van der Waals surface area contributed by atoms with Gasteiger partial charge in [0.1, 0.15) is 0 Å². The summed E-state index contributed by atoms with van der Waals surface area (Å²) in [5.74, 6) is 0.746. The predicted molar refractivity (Wildman–Crippen MR) is 67.0 cm³/mol. The fourth-order valence-corrected chi connectivity index (χ4v) is 4.57. The second-order valence-corrected chi connectivity index (χ2v) is 7.20. The number of hydrogen-bond donors (Lipinski definition) is 2. The Bertz CT molecular complexity index is 437. The predicted octanol–water partition coefficient (Wildman–Crippen LogP) is 1.78. The van der Waals surface area contributed by atoms with Crippen LogP contribution in [0.15, 0.2) is 11.6 Å². The van der Waals surface area contributed by atoms with Crippen LogP contribution in [0.25, 0.3) is 0 Å². The highest BCUT2D eigenvalue weighted by Crippen LogP contribution is 2.62. The Morgan fingerprint density at radius 3 is 2.67 bits per heavy atom. The van der Waals surface area contributed by atoms with Crippen LogP contribution >= 0.6 is 0 Å². The third-order valence-corrected chi connectivity index (χ3v) is 5.86. The molecule has 1 saturated heterocycles. The van der Waals surface area contributed by atoms with Gasteiger partial charge < -0.3 is 14.9 Å². The molecule has 0 unspecified atom stereocenters. The van der Waals surface area contributed by atoms with Gasteiger partial charge >= 0.3 is 0 Å². The maximum Gasteiger partial charge on any atom is 0.0991 e. The zero-order chi connectivity index (χ0) is 12.8. The van der Waals surface area contributed by atoms with Crippen LogP contribution in [0.4, 0.5) is 0 Å². The second-order valence-electron chi connectivity index (χ2n) is 7.20. The molecule has 2 N–H and O–H groups in total. The zero-order valence-corrected chi connectivity index (χ0v) is 11.1. The first-order valence-corrected chi connectivity index (χ1v) is 7.21. The molecule has 3 fully saturated rings. The molecule has 3 heteroatoms. The number of aliphatic hydroxyl groups is 2. The van der Waals surface area contributed by atoms with Gasteiger partial charge in [0.2, 0.25) is 0 Å². The number of hydrogen-bond acceptors (Lipinski definition) is 3. The fourth-order valence-electron chi connectivity index (χ4n) is 4.57. The molecule has 2 heterocycles. The summed E-state index contributed by atoms with van der Waals surface area (Å²) in [4.78, 5) is 0. The van der Waals surface area contributed by atoms with Crippen LogP contribution in [0, 0.1) is 11.8 Å². The van der Waals surface area contributed by atoms with E-state index in [0.29, 0.717) is 12.3 Å². The summed E-state index contributed by atoms with van der Waals surface area (Å²) in [6.45, 7) is 3.96. The van der Waals surface area contributed by atoms with Crippen LogP contribution in [0.2, 0.25) is 0 Å². The summed E-state index contributed by atoms with van der Waals surface area (Å²) in [5.41, 5.74) is -0.318. The van der Waals surface area contributed by atoms with Crippen LogP contribution in [0.5, 0.6) is 0 Å². The molecule has 2 bridgehead atoms. The molecule has 2 aliphatic carbocycles. The first kappa shape index (κ1) is 11.4. The van der Waals surface area contributed by atoms with Crippen molar-refractivity contribution in [3.8, 4) is 0 Å². The molecule has 0 radical (unpaired) electrons. The highest BCUT2D eigenvalue weighted by atomic mass is 16.6. The number of aliphatic hydroxyl groups excluding tert-OH is 1. The van der Waals surface area contributed by atoms with Crippen LogP contribution in [0.3, 0.4) is 0 Å². The number of rotatable bonds is 1. The molecule has 100 valence electrons. The van der Waals surface area contributed by atoms with Crippen molar-refractivity contribution in [3.05, 3.63) is 11.6 Å². The summed E-state index contributed by atoms with van der Waals surface area (Å²) in [7, 11) is 0. The molecule has 4 aliphatic rings. The van der Waals surface area contributed by atoms with Crippen molar-refractivity contribution in [1.82, 2.24) is 0 Å². The van der Waals surface area contributed by atoms with Crippen molar-refractivity contribution < 1.29 is 14.9 Å². The molecule has 0 aromatic heterocycles. The van der Waals surface area contributed by atoms with Gasteiger partial charge in [0.15, 0.2) is 0 Å². The summed E-state index contributed by atoms with van der Waals surface area (Å²) in [6, 6.07) is 0. The molecule has 0 aromatic carbocycles. The number of fused-ring (bicyclic) bond motifs is 4. The molecule has 2 aliphatic heterocycles. The minimum Gasteiger partial charge on any atom is -0.390 e. The van der Waals surface area contributed by atoms with Crippen LogP contribution < -0.4 is 0 Å². The Labute approximate surface area is 108 Å². The van der Waals surface area contributed by atoms with Crippen molar-refractivity contribution in [1.29, 1.82) is 0 Å². The maximum absolute atomic E-state index is 10.6. The summed E-state index contributed by atoms with van der Waals surface area (Å²) >= 11 is 0. The summed E-state index contributed by atoms with van der Waals surface area (Å²) < 4.78 is 6.38. The second kappa shape index (κ2) is 3.02. The van der Waals surface area contributed by atoms with E-state index in [4.69, 9.17) is 4.74 Å². The molecule has 3 nitrogen and oxygen atoms in total. The van der Waals surface area contributed by atoms with Gasteiger partial charge in [-0.05, 0) is 51.0 Å². The molecular weight excluding hydrogens is 228 g/mol. The van der Waals surface area contributed by atoms with Crippen molar-refractivity contribution in [2.75, 3.05) is 0 Å². The third kappa shape index (κ3) is 1.21. The van der Waals surface area contributed by atoms with Gasteiger partial charge in [-0.3, -0.25) is 0 Å². The molecule has 18 heavy (non-hydrogen) atoms. The molecule has 0 aromatic rings. The van der Waals surface area contributed by atoms with Crippen LogP contribution in [-0.4, -0.2) is 33.1 Å². The maximum atomic E-state index is 10.6. The van der Waals surface area contributed by atoms with E-state index in [-0.39, 0.29) is 11.5 Å². The van der Waals surface area contributed by atoms with Gasteiger partial charge in [-0.2, -0.15) is 0 Å². The van der Waals surface area contributed by atoms with E-state index in [0.717, 1.165) is 18.4 Å². The summed E-state index contributed by atoms with van der Waals surface area (Å²) in [5, 5.41) is 21.0. The highest BCUT2D eigenvalue weighted by Gasteiger charge is 2.66. The lowest BCUT2D eigenvalue weighted by molar-refractivity contribution is -0.139. The monoisotopic (exact) mass is 250 g/mol. The van der Waals surface area contributed by atoms with Crippen molar-refractivity contribution in [3.63, 3.8) is 0 Å². The molecule has 4 rings (SSSR count).